The summed E-state index contributed by atoms with van der Waals surface area (Å²) in [5.74, 6) is -0.391. The highest BCUT2D eigenvalue weighted by atomic mass is 32.2. The molecule has 23 heavy (non-hydrogen) atoms. The fourth-order valence-corrected chi connectivity index (χ4v) is 4.77. The fraction of sp³-hybridized carbons (Fsp3) is 0.562. The number of rotatable bonds is 4. The van der Waals surface area contributed by atoms with Crippen LogP contribution in [-0.4, -0.2) is 55.5 Å². The maximum Gasteiger partial charge on any atom is 0.256 e. The summed E-state index contributed by atoms with van der Waals surface area (Å²) in [5, 5.41) is 0. The van der Waals surface area contributed by atoms with Gasteiger partial charge in [0.15, 0.2) is 0 Å². The Morgan fingerprint density at radius 3 is 2.57 bits per heavy atom. The number of hydrogen-bond donors (Lipinski definition) is 0. The summed E-state index contributed by atoms with van der Waals surface area (Å²) in [5.41, 5.74) is 0.0433. The Hall–Kier alpha value is -1.47. The van der Waals surface area contributed by atoms with E-state index in [2.05, 4.69) is 0 Å². The van der Waals surface area contributed by atoms with Gasteiger partial charge in [-0.15, -0.1) is 0 Å². The van der Waals surface area contributed by atoms with Gasteiger partial charge in [-0.2, -0.15) is 0 Å². The van der Waals surface area contributed by atoms with Crippen molar-refractivity contribution in [3.05, 3.63) is 35.6 Å². The minimum Gasteiger partial charge on any atom is -0.337 e. The highest BCUT2D eigenvalue weighted by Gasteiger charge is 2.33. The third kappa shape index (κ3) is 3.90. The van der Waals surface area contributed by atoms with Gasteiger partial charge in [-0.25, -0.2) is 17.1 Å². The smallest absolute Gasteiger partial charge is 0.256 e. The summed E-state index contributed by atoms with van der Waals surface area (Å²) in [7, 11) is -3.24. The standard InChI is InChI=1S/C16H21FN2O3S/c17-15-5-2-1-4-14(15)16(20)18-8-3-9-19(11-10-18)23(21,22)12-13-6-7-13/h1-2,4-5,13H,3,6-12H2. The van der Waals surface area contributed by atoms with Gasteiger partial charge in [0, 0.05) is 26.2 Å². The average Bonchev–Trinajstić information content (AvgIpc) is 3.32. The Morgan fingerprint density at radius 2 is 1.87 bits per heavy atom. The summed E-state index contributed by atoms with van der Waals surface area (Å²) in [4.78, 5) is 14.0. The number of hydrogen-bond acceptors (Lipinski definition) is 3. The SMILES string of the molecule is O=C(c1ccccc1F)N1CCCN(S(=O)(=O)CC2CC2)CC1. The third-order valence-corrected chi connectivity index (χ3v) is 6.43. The molecule has 5 nitrogen and oxygen atoms in total. The quantitative estimate of drug-likeness (QED) is 0.838. The summed E-state index contributed by atoms with van der Waals surface area (Å²) in [6.45, 7) is 1.46. The van der Waals surface area contributed by atoms with Crippen LogP contribution in [0.5, 0.6) is 0 Å². The molecule has 1 aromatic rings. The lowest BCUT2D eigenvalue weighted by Crippen LogP contribution is -2.38. The van der Waals surface area contributed by atoms with Crippen LogP contribution in [0.15, 0.2) is 24.3 Å². The van der Waals surface area contributed by atoms with Gasteiger partial charge in [0.05, 0.1) is 11.3 Å². The van der Waals surface area contributed by atoms with Gasteiger partial charge in [0.2, 0.25) is 10.0 Å². The Balaban J connectivity index is 1.66. The van der Waals surface area contributed by atoms with Crippen molar-refractivity contribution in [3.8, 4) is 0 Å². The van der Waals surface area contributed by atoms with E-state index in [-0.39, 0.29) is 23.8 Å². The molecule has 3 rings (SSSR count). The molecule has 1 amide bonds. The first kappa shape index (κ1) is 16.4. The molecule has 1 aromatic carbocycles. The predicted molar refractivity (Wildman–Crippen MR) is 85.0 cm³/mol. The van der Waals surface area contributed by atoms with Crippen molar-refractivity contribution in [2.24, 2.45) is 5.92 Å². The molecule has 126 valence electrons. The van der Waals surface area contributed by atoms with E-state index in [0.717, 1.165) is 12.8 Å². The summed E-state index contributed by atoms with van der Waals surface area (Å²) in [6, 6.07) is 5.89. The number of halogens is 1. The van der Waals surface area contributed by atoms with Crippen LogP contribution in [0.2, 0.25) is 0 Å². The van der Waals surface area contributed by atoms with Crippen molar-refractivity contribution in [3.63, 3.8) is 0 Å². The van der Waals surface area contributed by atoms with Crippen LogP contribution < -0.4 is 0 Å². The van der Waals surface area contributed by atoms with E-state index in [0.29, 0.717) is 32.0 Å². The molecule has 0 spiro atoms. The molecule has 7 heteroatoms. The Kier molecular flexibility index (Phi) is 4.68. The van der Waals surface area contributed by atoms with Crippen molar-refractivity contribution < 1.29 is 17.6 Å². The first-order chi connectivity index (χ1) is 11.0. The number of nitrogens with zero attached hydrogens (tertiary/aromatic N) is 2. The fourth-order valence-electron chi connectivity index (χ4n) is 2.87. The lowest BCUT2D eigenvalue weighted by atomic mass is 10.2. The van der Waals surface area contributed by atoms with Gasteiger partial charge in [-0.05, 0) is 37.3 Å². The molecule has 1 heterocycles. The second kappa shape index (κ2) is 6.57. The number of carbonyl (C=O) groups excluding carboxylic acids is 1. The second-order valence-corrected chi connectivity index (χ2v) is 8.26. The average molecular weight is 340 g/mol. The molecule has 0 aromatic heterocycles. The first-order valence-electron chi connectivity index (χ1n) is 7.99. The third-order valence-electron chi connectivity index (χ3n) is 4.38. The topological polar surface area (TPSA) is 57.7 Å². The molecule has 1 saturated carbocycles. The number of amides is 1. The molecular formula is C16H21FN2O3S. The molecule has 0 unspecified atom stereocenters. The predicted octanol–water partition coefficient (Wildman–Crippen LogP) is 1.71. The van der Waals surface area contributed by atoms with Crippen LogP contribution in [0, 0.1) is 11.7 Å². The van der Waals surface area contributed by atoms with Crippen LogP contribution >= 0.6 is 0 Å². The van der Waals surface area contributed by atoms with Gasteiger partial charge in [0.25, 0.3) is 5.91 Å². The molecule has 1 saturated heterocycles. The monoisotopic (exact) mass is 340 g/mol. The van der Waals surface area contributed by atoms with Crippen molar-refractivity contribution in [1.29, 1.82) is 0 Å². The molecule has 2 aliphatic rings. The maximum atomic E-state index is 13.8. The van der Waals surface area contributed by atoms with Crippen LogP contribution in [0.1, 0.15) is 29.6 Å². The molecule has 0 bridgehead atoms. The lowest BCUT2D eigenvalue weighted by Gasteiger charge is -2.22. The van der Waals surface area contributed by atoms with E-state index >= 15 is 0 Å². The molecule has 0 atom stereocenters. The van der Waals surface area contributed by atoms with Crippen molar-refractivity contribution in [2.75, 3.05) is 31.9 Å². The molecule has 1 aliphatic carbocycles. The second-order valence-electron chi connectivity index (χ2n) is 6.25. The number of carbonyl (C=O) groups is 1. The highest BCUT2D eigenvalue weighted by Crippen LogP contribution is 2.31. The largest absolute Gasteiger partial charge is 0.337 e. The van der Waals surface area contributed by atoms with Crippen LogP contribution in [0.25, 0.3) is 0 Å². The minimum absolute atomic E-state index is 0.0433. The Labute approximate surface area is 136 Å². The zero-order chi connectivity index (χ0) is 16.4. The molecule has 0 N–H and O–H groups in total. The lowest BCUT2D eigenvalue weighted by molar-refractivity contribution is 0.0759. The zero-order valence-electron chi connectivity index (χ0n) is 12.9. The van der Waals surface area contributed by atoms with Gasteiger partial charge in [-0.1, -0.05) is 12.1 Å². The zero-order valence-corrected chi connectivity index (χ0v) is 13.8. The first-order valence-corrected chi connectivity index (χ1v) is 9.60. The van der Waals surface area contributed by atoms with Gasteiger partial charge >= 0.3 is 0 Å². The van der Waals surface area contributed by atoms with Gasteiger partial charge < -0.3 is 4.90 Å². The molecule has 2 fully saturated rings. The minimum atomic E-state index is -3.24. The summed E-state index contributed by atoms with van der Waals surface area (Å²) < 4.78 is 39.9. The van der Waals surface area contributed by atoms with Crippen molar-refractivity contribution >= 4 is 15.9 Å². The summed E-state index contributed by atoms with van der Waals surface area (Å²) >= 11 is 0. The van der Waals surface area contributed by atoms with E-state index in [9.17, 15) is 17.6 Å². The summed E-state index contributed by atoms with van der Waals surface area (Å²) in [6.07, 6.45) is 2.56. The Bertz CT molecular complexity index is 688. The highest BCUT2D eigenvalue weighted by molar-refractivity contribution is 7.89. The van der Waals surface area contributed by atoms with Crippen molar-refractivity contribution in [2.45, 2.75) is 19.3 Å². The number of benzene rings is 1. The van der Waals surface area contributed by atoms with Crippen LogP contribution in [-0.2, 0) is 10.0 Å². The Morgan fingerprint density at radius 1 is 1.13 bits per heavy atom. The maximum absolute atomic E-state index is 13.8. The normalized spacial score (nSPS) is 20.3. The molecule has 1 aliphatic heterocycles. The van der Waals surface area contributed by atoms with E-state index < -0.39 is 15.8 Å². The molecular weight excluding hydrogens is 319 g/mol. The van der Waals surface area contributed by atoms with Gasteiger partial charge in [0.1, 0.15) is 5.82 Å². The van der Waals surface area contributed by atoms with E-state index in [1.165, 1.54) is 16.4 Å². The van der Waals surface area contributed by atoms with E-state index in [1.807, 2.05) is 0 Å². The van der Waals surface area contributed by atoms with E-state index in [4.69, 9.17) is 0 Å². The van der Waals surface area contributed by atoms with Crippen molar-refractivity contribution in [1.82, 2.24) is 9.21 Å². The number of sulfonamides is 1. The van der Waals surface area contributed by atoms with Crippen LogP contribution in [0.3, 0.4) is 0 Å². The molecule has 0 radical (unpaired) electrons. The van der Waals surface area contributed by atoms with Gasteiger partial charge in [-0.3, -0.25) is 4.79 Å². The van der Waals surface area contributed by atoms with E-state index in [1.54, 1.807) is 17.0 Å². The van der Waals surface area contributed by atoms with Crippen LogP contribution in [0.4, 0.5) is 4.39 Å².